The minimum Gasteiger partial charge on any atom is -0.353 e. The van der Waals surface area contributed by atoms with Crippen LogP contribution in [-0.4, -0.2) is 15.9 Å². The number of nitrogens with one attached hydrogen (secondary N) is 2. The van der Waals surface area contributed by atoms with Crippen molar-refractivity contribution in [1.82, 2.24) is 15.3 Å². The van der Waals surface area contributed by atoms with E-state index in [9.17, 15) is 4.79 Å². The van der Waals surface area contributed by atoms with Gasteiger partial charge in [-0.15, -0.1) is 0 Å². The molecule has 0 radical (unpaired) electrons. The van der Waals surface area contributed by atoms with Crippen molar-refractivity contribution in [2.45, 2.75) is 51.5 Å². The van der Waals surface area contributed by atoms with Crippen LogP contribution in [0.2, 0.25) is 0 Å². The molecule has 2 aromatic carbocycles. The van der Waals surface area contributed by atoms with Crippen LogP contribution < -0.4 is 5.32 Å². The first kappa shape index (κ1) is 18.9. The number of H-pyrrole nitrogens is 1. The highest BCUT2D eigenvalue weighted by Crippen LogP contribution is 2.26. The molecule has 0 aliphatic heterocycles. The third-order valence-corrected chi connectivity index (χ3v) is 6.31. The van der Waals surface area contributed by atoms with Gasteiger partial charge >= 0.3 is 0 Å². The molecule has 4 aromatic rings. The number of aromatic amines is 1. The quantitative estimate of drug-likeness (QED) is 0.473. The van der Waals surface area contributed by atoms with Crippen molar-refractivity contribution in [2.75, 3.05) is 0 Å². The highest BCUT2D eigenvalue weighted by molar-refractivity contribution is 6.06. The van der Waals surface area contributed by atoms with Gasteiger partial charge in [0.1, 0.15) is 0 Å². The first-order valence-corrected chi connectivity index (χ1v) is 10.9. The second kappa shape index (κ2) is 7.94. The molecule has 2 N–H and O–H groups in total. The molecule has 1 unspecified atom stereocenters. The van der Waals surface area contributed by atoms with Gasteiger partial charge in [0.15, 0.2) is 0 Å². The Morgan fingerprint density at radius 2 is 1.87 bits per heavy atom. The molecule has 1 aliphatic rings. The standard InChI is InChI=1S/C26H27N3O/c1-17(19-11-10-18-6-2-3-7-20(18)14-19)28-26(30)13-12-21-15-23-22-8-4-5-9-24(22)29-25(23)16-27-21/h4-5,8-11,14-17,29H,2-3,6-7,12-13H2,1H3,(H,28,30). The summed E-state index contributed by atoms with van der Waals surface area (Å²) in [7, 11) is 0. The van der Waals surface area contributed by atoms with Crippen molar-refractivity contribution in [2.24, 2.45) is 0 Å². The fourth-order valence-corrected chi connectivity index (χ4v) is 4.59. The summed E-state index contributed by atoms with van der Waals surface area (Å²) < 4.78 is 0. The topological polar surface area (TPSA) is 57.8 Å². The predicted octanol–water partition coefficient (Wildman–Crippen LogP) is 5.40. The fraction of sp³-hybridized carbons (Fsp3) is 0.308. The van der Waals surface area contributed by atoms with E-state index in [0.717, 1.165) is 23.1 Å². The van der Waals surface area contributed by atoms with Gasteiger partial charge in [-0.05, 0) is 67.9 Å². The Labute approximate surface area is 176 Å². The Kier molecular flexibility index (Phi) is 4.99. The highest BCUT2D eigenvalue weighted by atomic mass is 16.1. The fourth-order valence-electron chi connectivity index (χ4n) is 4.59. The molecule has 0 fully saturated rings. The lowest BCUT2D eigenvalue weighted by atomic mass is 9.89. The summed E-state index contributed by atoms with van der Waals surface area (Å²) in [6.45, 7) is 2.07. The summed E-state index contributed by atoms with van der Waals surface area (Å²) in [5.41, 5.74) is 7.22. The van der Waals surface area contributed by atoms with Crippen LogP contribution in [0.15, 0.2) is 54.7 Å². The summed E-state index contributed by atoms with van der Waals surface area (Å²) in [6, 6.07) is 17.1. The zero-order valence-electron chi connectivity index (χ0n) is 17.4. The molecule has 1 amide bonds. The number of aryl methyl sites for hydroxylation is 3. The molecule has 2 aromatic heterocycles. The number of hydrogen-bond acceptors (Lipinski definition) is 2. The number of amides is 1. The van der Waals surface area contributed by atoms with E-state index in [4.69, 9.17) is 0 Å². The molecular weight excluding hydrogens is 370 g/mol. The van der Waals surface area contributed by atoms with Gasteiger partial charge in [-0.1, -0.05) is 36.4 Å². The van der Waals surface area contributed by atoms with Gasteiger partial charge in [-0.3, -0.25) is 9.78 Å². The largest absolute Gasteiger partial charge is 0.353 e. The zero-order valence-corrected chi connectivity index (χ0v) is 17.4. The lowest BCUT2D eigenvalue weighted by molar-refractivity contribution is -0.121. The van der Waals surface area contributed by atoms with E-state index in [1.54, 1.807) is 0 Å². The summed E-state index contributed by atoms with van der Waals surface area (Å²) in [5, 5.41) is 5.52. The number of fused-ring (bicyclic) bond motifs is 4. The maximum absolute atomic E-state index is 12.6. The summed E-state index contributed by atoms with van der Waals surface area (Å²) in [6.07, 6.45) is 7.85. The summed E-state index contributed by atoms with van der Waals surface area (Å²) in [5.74, 6) is 0.0704. The predicted molar refractivity (Wildman–Crippen MR) is 122 cm³/mol. The number of carbonyl (C=O) groups excluding carboxylic acids is 1. The molecule has 4 nitrogen and oxygen atoms in total. The summed E-state index contributed by atoms with van der Waals surface area (Å²) in [4.78, 5) is 20.5. The van der Waals surface area contributed by atoms with Crippen LogP contribution >= 0.6 is 0 Å². The second-order valence-electron chi connectivity index (χ2n) is 8.42. The van der Waals surface area contributed by atoms with E-state index in [2.05, 4.69) is 58.6 Å². The average Bonchev–Trinajstić information content (AvgIpc) is 3.15. The number of nitrogens with zero attached hydrogens (tertiary/aromatic N) is 1. The van der Waals surface area contributed by atoms with E-state index in [1.165, 1.54) is 46.7 Å². The Morgan fingerprint density at radius 3 is 2.77 bits per heavy atom. The highest BCUT2D eigenvalue weighted by Gasteiger charge is 2.14. The lowest BCUT2D eigenvalue weighted by Crippen LogP contribution is -2.27. The minimum absolute atomic E-state index is 0.0220. The van der Waals surface area contributed by atoms with Crippen molar-refractivity contribution >= 4 is 27.7 Å². The average molecular weight is 398 g/mol. The van der Waals surface area contributed by atoms with Crippen LogP contribution in [0.25, 0.3) is 21.8 Å². The van der Waals surface area contributed by atoms with Gasteiger partial charge < -0.3 is 10.3 Å². The van der Waals surface area contributed by atoms with E-state index < -0.39 is 0 Å². The number of hydrogen-bond donors (Lipinski definition) is 2. The van der Waals surface area contributed by atoms with Gasteiger partial charge in [0.05, 0.1) is 17.8 Å². The van der Waals surface area contributed by atoms with Gasteiger partial charge in [0, 0.05) is 28.4 Å². The van der Waals surface area contributed by atoms with E-state index >= 15 is 0 Å². The number of carbonyl (C=O) groups is 1. The Hall–Kier alpha value is -3.14. The SMILES string of the molecule is CC(NC(=O)CCc1cc2c(cn1)[nH]c1ccccc12)c1ccc2c(c1)CCCC2. The minimum atomic E-state index is 0.0220. The Morgan fingerprint density at radius 1 is 1.03 bits per heavy atom. The molecule has 5 rings (SSSR count). The third-order valence-electron chi connectivity index (χ3n) is 6.31. The molecule has 1 atom stereocenters. The summed E-state index contributed by atoms with van der Waals surface area (Å²) >= 11 is 0. The number of para-hydroxylation sites is 1. The van der Waals surface area contributed by atoms with Crippen LogP contribution in [0.5, 0.6) is 0 Å². The van der Waals surface area contributed by atoms with Crippen molar-refractivity contribution < 1.29 is 4.79 Å². The maximum atomic E-state index is 12.6. The van der Waals surface area contributed by atoms with Crippen molar-refractivity contribution in [3.05, 3.63) is 77.1 Å². The number of aromatic nitrogens is 2. The molecule has 0 saturated carbocycles. The molecule has 1 aliphatic carbocycles. The molecule has 2 heterocycles. The number of pyridine rings is 1. The van der Waals surface area contributed by atoms with Gasteiger partial charge in [-0.2, -0.15) is 0 Å². The molecule has 30 heavy (non-hydrogen) atoms. The monoisotopic (exact) mass is 397 g/mol. The number of rotatable bonds is 5. The van der Waals surface area contributed by atoms with Crippen LogP contribution in [0.3, 0.4) is 0 Å². The van der Waals surface area contributed by atoms with Crippen molar-refractivity contribution in [1.29, 1.82) is 0 Å². The van der Waals surface area contributed by atoms with Crippen LogP contribution in [0.4, 0.5) is 0 Å². The molecule has 0 saturated heterocycles. The Balaban J connectivity index is 1.24. The zero-order chi connectivity index (χ0) is 20.5. The van der Waals surface area contributed by atoms with Gasteiger partial charge in [0.25, 0.3) is 0 Å². The van der Waals surface area contributed by atoms with Gasteiger partial charge in [-0.25, -0.2) is 0 Å². The van der Waals surface area contributed by atoms with Crippen LogP contribution in [-0.2, 0) is 24.1 Å². The van der Waals surface area contributed by atoms with Crippen LogP contribution in [0.1, 0.15) is 54.6 Å². The molecule has 0 spiro atoms. The third kappa shape index (κ3) is 3.70. The molecule has 4 heteroatoms. The molecular formula is C26H27N3O. The van der Waals surface area contributed by atoms with Crippen LogP contribution in [0, 0.1) is 0 Å². The maximum Gasteiger partial charge on any atom is 0.220 e. The second-order valence-corrected chi connectivity index (χ2v) is 8.42. The molecule has 0 bridgehead atoms. The number of benzene rings is 2. The van der Waals surface area contributed by atoms with E-state index in [0.29, 0.717) is 12.8 Å². The first-order chi connectivity index (χ1) is 14.7. The normalized spacial score (nSPS) is 14.6. The van der Waals surface area contributed by atoms with Gasteiger partial charge in [0.2, 0.25) is 5.91 Å². The Bertz CT molecular complexity index is 1220. The smallest absolute Gasteiger partial charge is 0.220 e. The van der Waals surface area contributed by atoms with Crippen molar-refractivity contribution in [3.8, 4) is 0 Å². The first-order valence-electron chi connectivity index (χ1n) is 10.9. The van der Waals surface area contributed by atoms with E-state index in [1.807, 2.05) is 18.3 Å². The van der Waals surface area contributed by atoms with Crippen molar-refractivity contribution in [3.63, 3.8) is 0 Å². The molecule has 152 valence electrons. The van der Waals surface area contributed by atoms with E-state index in [-0.39, 0.29) is 11.9 Å². The lowest BCUT2D eigenvalue weighted by Gasteiger charge is -2.20.